The Bertz CT molecular complexity index is 198. The molecule has 8 heavy (non-hydrogen) atoms. The molecule has 0 atom stereocenters. The van der Waals surface area contributed by atoms with E-state index in [2.05, 4.69) is 25.5 Å². The van der Waals surface area contributed by atoms with E-state index in [1.165, 1.54) is 0 Å². The molecule has 1 radical (unpaired) electrons. The van der Waals surface area contributed by atoms with Gasteiger partial charge in [0, 0.05) is 0 Å². The van der Waals surface area contributed by atoms with E-state index in [0.717, 1.165) is 5.69 Å². The van der Waals surface area contributed by atoms with Crippen LogP contribution in [0.4, 0.5) is 0 Å². The van der Waals surface area contributed by atoms with Crippen LogP contribution >= 0.6 is 11.6 Å². The van der Waals surface area contributed by atoms with Crippen molar-refractivity contribution in [2.24, 2.45) is 0 Å². The molecule has 1 aromatic rings. The Morgan fingerprint density at radius 2 is 2.62 bits per heavy atom. The van der Waals surface area contributed by atoms with Crippen molar-refractivity contribution in [3.05, 3.63) is 17.0 Å². The van der Waals surface area contributed by atoms with E-state index in [9.17, 15) is 0 Å². The molecule has 0 N–H and O–H groups in total. The molecule has 1 aromatic heterocycles. The van der Waals surface area contributed by atoms with E-state index in [1.54, 1.807) is 10.9 Å². The Hall–Kier alpha value is -0.0975. The van der Waals surface area contributed by atoms with Crippen LogP contribution in [0.2, 0.25) is 5.22 Å². The Balaban J connectivity index is 3.00. The normalized spacial score (nSPS) is 9.00. The summed E-state index contributed by atoms with van der Waals surface area (Å²) in [6.45, 7) is 0. The molecule has 0 aromatic carbocycles. The Morgan fingerprint density at radius 3 is 2.88 bits per heavy atom. The summed E-state index contributed by atoms with van der Waals surface area (Å²) in [5, 5.41) is 3.87. The third-order valence-electron chi connectivity index (χ3n) is 0.670. The Morgan fingerprint density at radius 1 is 1.88 bits per heavy atom. The topological polar surface area (TPSA) is 26.0 Å². The van der Waals surface area contributed by atoms with Gasteiger partial charge in [-0.15, -0.1) is 0 Å². The monoisotopic (exact) mass is 142 g/mol. The van der Waals surface area contributed by atoms with E-state index in [0.29, 0.717) is 5.22 Å². The van der Waals surface area contributed by atoms with Gasteiger partial charge in [0.1, 0.15) is 0 Å². The minimum atomic E-state index is 0.318. The van der Waals surface area contributed by atoms with Crippen LogP contribution in [0.1, 0.15) is 5.69 Å². The van der Waals surface area contributed by atoms with Crippen molar-refractivity contribution in [1.82, 2.24) is 5.16 Å². The maximum absolute atomic E-state index is 5.38. The zero-order valence-electron chi connectivity index (χ0n) is 3.97. The molecule has 1 rings (SSSR count). The van der Waals surface area contributed by atoms with Crippen LogP contribution in [0.15, 0.2) is 10.6 Å². The summed E-state index contributed by atoms with van der Waals surface area (Å²) in [5.41, 5.74) is 0.736. The van der Waals surface area contributed by atoms with Crippen LogP contribution in [-0.2, 0) is 0 Å². The van der Waals surface area contributed by atoms with Crippen LogP contribution in [0.5, 0.6) is 0 Å². The van der Waals surface area contributed by atoms with Gasteiger partial charge in [-0.1, -0.05) is 0 Å². The van der Waals surface area contributed by atoms with Crippen molar-refractivity contribution in [2.75, 3.05) is 0 Å². The summed E-state index contributed by atoms with van der Waals surface area (Å²) in [6.07, 6.45) is 0. The van der Waals surface area contributed by atoms with Gasteiger partial charge in [0.05, 0.1) is 0 Å². The molecule has 0 unspecified atom stereocenters. The number of aromatic nitrogens is 1. The third-order valence-corrected chi connectivity index (χ3v) is 1.19. The van der Waals surface area contributed by atoms with E-state index < -0.39 is 0 Å². The van der Waals surface area contributed by atoms with Crippen molar-refractivity contribution in [3.63, 3.8) is 0 Å². The summed E-state index contributed by atoms with van der Waals surface area (Å²) in [7, 11) is 0. The second-order valence-electron chi connectivity index (χ2n) is 1.22. The fourth-order valence-corrected chi connectivity index (χ4v) is 0.647. The van der Waals surface area contributed by atoms with E-state index >= 15 is 0 Å². The van der Waals surface area contributed by atoms with Crippen LogP contribution in [0.3, 0.4) is 0 Å². The first kappa shape index (κ1) is 6.03. The summed E-state index contributed by atoms with van der Waals surface area (Å²) >= 11 is 7.78. The molecule has 1 heterocycles. The average Bonchev–Trinajstić information content (AvgIpc) is 2.14. The van der Waals surface area contributed by atoms with Gasteiger partial charge in [0.2, 0.25) is 0 Å². The number of hydrogen-bond donors (Lipinski definition) is 0. The van der Waals surface area contributed by atoms with Crippen molar-refractivity contribution in [2.45, 2.75) is 0 Å². The standard InChI is InChI=1S/C4H2ClNO.Al/c1-3-2-4(5)7-6-3;/h1-2H;. The molecule has 0 spiro atoms. The zero-order chi connectivity index (χ0) is 5.98. The molecule has 0 saturated carbocycles. The molecular formula is C4H2AlClNO. The molecule has 2 nitrogen and oxygen atoms in total. The van der Waals surface area contributed by atoms with Gasteiger partial charge in [0.25, 0.3) is 0 Å². The summed E-state index contributed by atoms with van der Waals surface area (Å²) in [4.78, 5) is 1.73. The number of nitrogens with zero attached hydrogens (tertiary/aromatic N) is 1. The second kappa shape index (κ2) is 2.45. The quantitative estimate of drug-likeness (QED) is 0.538. The fraction of sp³-hybridized carbons (Fsp3) is 0. The molecule has 0 aliphatic heterocycles. The van der Waals surface area contributed by atoms with Gasteiger partial charge in [-0.3, -0.25) is 0 Å². The number of hydrogen-bond acceptors (Lipinski definition) is 2. The van der Waals surface area contributed by atoms with E-state index in [-0.39, 0.29) is 0 Å². The van der Waals surface area contributed by atoms with Crippen molar-refractivity contribution >= 4 is 32.3 Å². The van der Waals surface area contributed by atoms with E-state index in [4.69, 9.17) is 11.6 Å². The van der Waals surface area contributed by atoms with Crippen molar-refractivity contribution in [1.29, 1.82) is 0 Å². The van der Waals surface area contributed by atoms with Gasteiger partial charge in [-0.2, -0.15) is 0 Å². The molecule has 4 heteroatoms. The van der Waals surface area contributed by atoms with Crippen LogP contribution < -0.4 is 0 Å². The maximum atomic E-state index is 5.38. The van der Waals surface area contributed by atoms with Gasteiger partial charge in [0.15, 0.2) is 0 Å². The molecule has 0 saturated heterocycles. The average molecular weight is 143 g/mol. The third kappa shape index (κ3) is 1.19. The predicted molar refractivity (Wildman–Crippen MR) is 32.4 cm³/mol. The van der Waals surface area contributed by atoms with E-state index in [1.807, 2.05) is 0 Å². The first-order chi connectivity index (χ1) is 3.83. The molecule has 39 valence electrons. The van der Waals surface area contributed by atoms with Gasteiger partial charge < -0.3 is 0 Å². The van der Waals surface area contributed by atoms with Gasteiger partial charge in [-0.25, -0.2) is 0 Å². The van der Waals surface area contributed by atoms with Crippen molar-refractivity contribution in [3.8, 4) is 0 Å². The number of halogens is 1. The number of rotatable bonds is 1. The Labute approximate surface area is 59.4 Å². The fourth-order valence-electron chi connectivity index (χ4n) is 0.344. The van der Waals surface area contributed by atoms with Crippen LogP contribution in [0, 0.1) is 0 Å². The zero-order valence-corrected chi connectivity index (χ0v) is 5.88. The van der Waals surface area contributed by atoms with Gasteiger partial charge in [-0.05, 0) is 0 Å². The second-order valence-corrected chi connectivity index (χ2v) is 1.93. The predicted octanol–water partition coefficient (Wildman–Crippen LogP) is 0.647. The summed E-state index contributed by atoms with van der Waals surface area (Å²) in [5.74, 6) is 0. The minimum absolute atomic E-state index is 0.318. The molecule has 0 amide bonds. The first-order valence-electron chi connectivity index (χ1n) is 2.00. The molecule has 0 aliphatic carbocycles. The summed E-state index contributed by atoms with van der Waals surface area (Å²) in [6, 6.07) is 1.63. The Kier molecular flexibility index (Phi) is 1.85. The van der Waals surface area contributed by atoms with Crippen molar-refractivity contribution < 1.29 is 4.52 Å². The molecule has 0 fully saturated rings. The molecule has 0 bridgehead atoms. The van der Waals surface area contributed by atoms with Gasteiger partial charge >= 0.3 is 59.0 Å². The molecule has 0 aliphatic rings. The van der Waals surface area contributed by atoms with Crippen LogP contribution in [0.25, 0.3) is 0 Å². The first-order valence-corrected chi connectivity index (χ1v) is 3.04. The SMILES string of the molecule is [Al]=[CH]c1cc(Cl)on1. The van der Waals surface area contributed by atoms with Crippen LogP contribution in [-0.4, -0.2) is 25.9 Å². The molecular weight excluding hydrogens is 140 g/mol. The summed E-state index contributed by atoms with van der Waals surface area (Å²) < 4.78 is 4.53.